The third kappa shape index (κ3) is 3.70. The van der Waals surface area contributed by atoms with Gasteiger partial charge < -0.3 is 14.8 Å². The first-order chi connectivity index (χ1) is 10.4. The zero-order valence-corrected chi connectivity index (χ0v) is 14.0. The molecule has 0 bridgehead atoms. The lowest BCUT2D eigenvalue weighted by molar-refractivity contribution is -0.126. The van der Waals surface area contributed by atoms with Crippen LogP contribution >= 0.6 is 0 Å². The van der Waals surface area contributed by atoms with E-state index in [0.717, 1.165) is 6.42 Å². The minimum absolute atomic E-state index is 0.0472. The number of hydrogen-bond acceptors (Lipinski definition) is 2. The van der Waals surface area contributed by atoms with Crippen molar-refractivity contribution in [2.24, 2.45) is 11.8 Å². The van der Waals surface area contributed by atoms with E-state index < -0.39 is 6.04 Å². The number of carbonyl (C=O) groups excluding carboxylic acids is 2. The monoisotopic (exact) mass is 305 g/mol. The van der Waals surface area contributed by atoms with Gasteiger partial charge in [0, 0.05) is 19.3 Å². The summed E-state index contributed by atoms with van der Waals surface area (Å²) >= 11 is 0. The van der Waals surface area contributed by atoms with E-state index in [4.69, 9.17) is 0 Å². The highest BCUT2D eigenvalue weighted by Gasteiger charge is 2.36. The highest BCUT2D eigenvalue weighted by atomic mass is 16.2. The van der Waals surface area contributed by atoms with Gasteiger partial charge in [-0.1, -0.05) is 27.7 Å². The average molecular weight is 305 g/mol. The molecule has 1 aliphatic heterocycles. The molecule has 122 valence electrons. The Morgan fingerprint density at radius 3 is 2.68 bits per heavy atom. The second-order valence-corrected chi connectivity index (χ2v) is 6.89. The van der Waals surface area contributed by atoms with Gasteiger partial charge in [-0.3, -0.25) is 9.59 Å². The van der Waals surface area contributed by atoms with E-state index in [1.54, 1.807) is 4.90 Å². The molecule has 5 heteroatoms. The van der Waals surface area contributed by atoms with E-state index in [0.29, 0.717) is 37.2 Å². The molecule has 0 saturated heterocycles. The van der Waals surface area contributed by atoms with Crippen LogP contribution in [-0.4, -0.2) is 40.4 Å². The molecular formula is C17H27N3O2. The van der Waals surface area contributed by atoms with Crippen LogP contribution in [0, 0.1) is 11.8 Å². The number of fused-ring (bicyclic) bond motifs is 1. The molecule has 2 heterocycles. The fraction of sp³-hybridized carbons (Fsp3) is 0.647. The summed E-state index contributed by atoms with van der Waals surface area (Å²) in [6.07, 6.45) is 2.82. The van der Waals surface area contributed by atoms with E-state index in [1.165, 1.54) is 0 Å². The molecule has 0 spiro atoms. The summed E-state index contributed by atoms with van der Waals surface area (Å²) in [4.78, 5) is 26.9. The molecule has 0 fully saturated rings. The van der Waals surface area contributed by atoms with Gasteiger partial charge in [0.05, 0.1) is 6.54 Å². The van der Waals surface area contributed by atoms with Crippen LogP contribution in [0.1, 0.15) is 44.6 Å². The summed E-state index contributed by atoms with van der Waals surface area (Å²) in [6, 6.07) is 3.27. The summed E-state index contributed by atoms with van der Waals surface area (Å²) in [5.74, 6) is 0.787. The van der Waals surface area contributed by atoms with Crippen molar-refractivity contribution < 1.29 is 9.59 Å². The van der Waals surface area contributed by atoms with E-state index in [-0.39, 0.29) is 11.8 Å². The molecule has 2 rings (SSSR count). The number of rotatable bonds is 6. The Balaban J connectivity index is 2.12. The maximum Gasteiger partial charge on any atom is 0.271 e. The standard InChI is InChI=1S/C17H27N3O2/c1-12(2)7-8-18-16(21)15-11-19-9-5-6-14(19)17(22)20(15)10-13(3)4/h5-6,9,12-13,15H,7-8,10-11H2,1-4H3,(H,18,21). The zero-order chi connectivity index (χ0) is 16.3. The fourth-order valence-corrected chi connectivity index (χ4v) is 2.77. The molecule has 0 radical (unpaired) electrons. The first-order valence-corrected chi connectivity index (χ1v) is 8.14. The van der Waals surface area contributed by atoms with E-state index in [9.17, 15) is 9.59 Å². The van der Waals surface area contributed by atoms with Gasteiger partial charge in [0.1, 0.15) is 11.7 Å². The summed E-state index contributed by atoms with van der Waals surface area (Å²) in [6.45, 7) is 10.2. The van der Waals surface area contributed by atoms with Crippen LogP contribution in [0.2, 0.25) is 0 Å². The predicted molar refractivity (Wildman–Crippen MR) is 86.6 cm³/mol. The normalized spacial score (nSPS) is 18.0. The molecule has 1 N–H and O–H groups in total. The maximum atomic E-state index is 12.6. The van der Waals surface area contributed by atoms with Crippen molar-refractivity contribution in [3.8, 4) is 0 Å². The number of amides is 2. The molecule has 1 aromatic rings. The van der Waals surface area contributed by atoms with Crippen LogP contribution in [0.4, 0.5) is 0 Å². The lowest BCUT2D eigenvalue weighted by Gasteiger charge is -2.36. The van der Waals surface area contributed by atoms with Gasteiger partial charge >= 0.3 is 0 Å². The molecular weight excluding hydrogens is 278 g/mol. The van der Waals surface area contributed by atoms with Gasteiger partial charge in [-0.05, 0) is 30.4 Å². The van der Waals surface area contributed by atoms with Crippen LogP contribution in [-0.2, 0) is 11.3 Å². The SMILES string of the molecule is CC(C)CCNC(=O)C1Cn2cccc2C(=O)N1CC(C)C. The third-order valence-electron chi connectivity index (χ3n) is 3.94. The molecule has 1 aliphatic rings. The molecule has 1 aromatic heterocycles. The number of nitrogens with one attached hydrogen (secondary N) is 1. The van der Waals surface area contributed by atoms with Gasteiger partial charge in [0.2, 0.25) is 5.91 Å². The minimum Gasteiger partial charge on any atom is -0.354 e. The lowest BCUT2D eigenvalue weighted by atomic mass is 10.1. The van der Waals surface area contributed by atoms with Crippen LogP contribution in [0.5, 0.6) is 0 Å². The van der Waals surface area contributed by atoms with Crippen molar-refractivity contribution >= 4 is 11.8 Å². The Hall–Kier alpha value is -1.78. The van der Waals surface area contributed by atoms with Crippen molar-refractivity contribution in [1.29, 1.82) is 0 Å². The maximum absolute atomic E-state index is 12.6. The van der Waals surface area contributed by atoms with Crippen LogP contribution < -0.4 is 5.32 Å². The molecule has 0 aliphatic carbocycles. The van der Waals surface area contributed by atoms with E-state index in [1.807, 2.05) is 22.9 Å². The van der Waals surface area contributed by atoms with Gasteiger partial charge in [-0.25, -0.2) is 0 Å². The fourth-order valence-electron chi connectivity index (χ4n) is 2.77. The van der Waals surface area contributed by atoms with Gasteiger partial charge in [-0.2, -0.15) is 0 Å². The Labute approximate surface area is 132 Å². The number of carbonyl (C=O) groups is 2. The average Bonchev–Trinajstić information content (AvgIpc) is 2.89. The second-order valence-electron chi connectivity index (χ2n) is 6.89. The Morgan fingerprint density at radius 1 is 1.32 bits per heavy atom. The number of hydrogen-bond donors (Lipinski definition) is 1. The first kappa shape index (κ1) is 16.6. The second kappa shape index (κ2) is 6.99. The van der Waals surface area contributed by atoms with Crippen LogP contribution in [0.25, 0.3) is 0 Å². The van der Waals surface area contributed by atoms with Crippen LogP contribution in [0.15, 0.2) is 18.3 Å². The lowest BCUT2D eigenvalue weighted by Crippen LogP contribution is -2.56. The highest BCUT2D eigenvalue weighted by Crippen LogP contribution is 2.20. The van der Waals surface area contributed by atoms with Gasteiger partial charge in [0.25, 0.3) is 5.91 Å². The molecule has 22 heavy (non-hydrogen) atoms. The van der Waals surface area contributed by atoms with Crippen LogP contribution in [0.3, 0.4) is 0 Å². The van der Waals surface area contributed by atoms with Crippen molar-refractivity contribution in [3.05, 3.63) is 24.0 Å². The van der Waals surface area contributed by atoms with E-state index >= 15 is 0 Å². The summed E-state index contributed by atoms with van der Waals surface area (Å²) < 4.78 is 1.88. The van der Waals surface area contributed by atoms with Crippen molar-refractivity contribution in [1.82, 2.24) is 14.8 Å². The molecule has 2 amide bonds. The smallest absolute Gasteiger partial charge is 0.271 e. The molecule has 0 saturated carbocycles. The van der Waals surface area contributed by atoms with E-state index in [2.05, 4.69) is 33.0 Å². The number of aromatic nitrogens is 1. The quantitative estimate of drug-likeness (QED) is 0.875. The van der Waals surface area contributed by atoms with Crippen molar-refractivity contribution in [2.75, 3.05) is 13.1 Å². The molecule has 1 unspecified atom stereocenters. The van der Waals surface area contributed by atoms with Gasteiger partial charge in [-0.15, -0.1) is 0 Å². The van der Waals surface area contributed by atoms with Crippen molar-refractivity contribution in [2.45, 2.75) is 46.7 Å². The summed E-state index contributed by atoms with van der Waals surface area (Å²) in [5, 5.41) is 2.98. The largest absolute Gasteiger partial charge is 0.354 e. The molecule has 1 atom stereocenters. The van der Waals surface area contributed by atoms with Gasteiger partial charge in [0.15, 0.2) is 0 Å². The number of nitrogens with zero attached hydrogens (tertiary/aromatic N) is 2. The summed E-state index contributed by atoms with van der Waals surface area (Å²) in [5.41, 5.74) is 0.673. The topological polar surface area (TPSA) is 54.3 Å². The first-order valence-electron chi connectivity index (χ1n) is 8.14. The Bertz CT molecular complexity index is 534. The minimum atomic E-state index is -0.415. The van der Waals surface area contributed by atoms with Crippen molar-refractivity contribution in [3.63, 3.8) is 0 Å². The Morgan fingerprint density at radius 2 is 2.05 bits per heavy atom. The predicted octanol–water partition coefficient (Wildman–Crippen LogP) is 2.13. The third-order valence-corrected chi connectivity index (χ3v) is 3.94. The zero-order valence-electron chi connectivity index (χ0n) is 14.0. The molecule has 0 aromatic carbocycles. The Kier molecular flexibility index (Phi) is 5.27. The summed E-state index contributed by atoms with van der Waals surface area (Å²) in [7, 11) is 0. The highest BCUT2D eigenvalue weighted by molar-refractivity contribution is 5.97. The molecule has 5 nitrogen and oxygen atoms in total.